The molecule has 0 heterocycles. The number of hydrogen-bond acceptors (Lipinski definition) is 2. The van der Waals surface area contributed by atoms with E-state index < -0.39 is 0 Å². The number of ketones is 1. The molecule has 0 bridgehead atoms. The summed E-state index contributed by atoms with van der Waals surface area (Å²) in [5.74, 6) is 1.94. The van der Waals surface area contributed by atoms with Crippen molar-refractivity contribution in [3.05, 3.63) is 0 Å². The van der Waals surface area contributed by atoms with Gasteiger partial charge in [0.25, 0.3) is 0 Å². The Labute approximate surface area is 92.0 Å². The van der Waals surface area contributed by atoms with E-state index in [0.29, 0.717) is 11.7 Å². The number of thioether (sulfide) groups is 1. The molecule has 14 heavy (non-hydrogen) atoms. The van der Waals surface area contributed by atoms with E-state index in [1.807, 2.05) is 0 Å². The molecule has 0 aromatic rings. The monoisotopic (exact) mass is 214 g/mol. The molecule has 82 valence electrons. The summed E-state index contributed by atoms with van der Waals surface area (Å²) >= 11 is 1.78. The molecule has 1 nitrogen and oxygen atoms in total. The summed E-state index contributed by atoms with van der Waals surface area (Å²) in [6.45, 7) is 0. The summed E-state index contributed by atoms with van der Waals surface area (Å²) in [6, 6.07) is 0. The molecule has 2 heteroatoms. The van der Waals surface area contributed by atoms with Gasteiger partial charge < -0.3 is 0 Å². The summed E-state index contributed by atoms with van der Waals surface area (Å²) in [4.78, 5) is 11.8. The van der Waals surface area contributed by atoms with Crippen molar-refractivity contribution < 1.29 is 4.79 Å². The molecule has 0 radical (unpaired) electrons. The van der Waals surface area contributed by atoms with Gasteiger partial charge in [-0.1, -0.05) is 32.1 Å². The van der Waals surface area contributed by atoms with Gasteiger partial charge in [0.15, 0.2) is 0 Å². The molecule has 1 aliphatic rings. The molecule has 0 atom stereocenters. The van der Waals surface area contributed by atoms with Gasteiger partial charge in [0.1, 0.15) is 5.78 Å². The van der Waals surface area contributed by atoms with Crippen LogP contribution < -0.4 is 0 Å². The first-order valence-electron chi connectivity index (χ1n) is 5.86. The minimum atomic E-state index is 0.405. The third-order valence-corrected chi connectivity index (χ3v) is 3.73. The molecule has 0 aromatic heterocycles. The van der Waals surface area contributed by atoms with Crippen molar-refractivity contribution in [3.63, 3.8) is 0 Å². The molecule has 0 amide bonds. The van der Waals surface area contributed by atoms with E-state index in [9.17, 15) is 4.79 Å². The van der Waals surface area contributed by atoms with E-state index >= 15 is 0 Å². The highest BCUT2D eigenvalue weighted by Crippen LogP contribution is 2.24. The average Bonchev–Trinajstić information content (AvgIpc) is 2.13. The van der Waals surface area contributed by atoms with Crippen LogP contribution in [-0.2, 0) is 4.79 Å². The fraction of sp³-hybridized carbons (Fsp3) is 0.917. The van der Waals surface area contributed by atoms with Crippen molar-refractivity contribution in [2.45, 2.75) is 51.4 Å². The molecule has 0 N–H and O–H groups in total. The lowest BCUT2D eigenvalue weighted by atomic mass is 9.87. The number of hydrogen-bond donors (Lipinski definition) is 0. The Bertz CT molecular complexity index is 160. The molecular weight excluding hydrogens is 192 g/mol. The van der Waals surface area contributed by atoms with Crippen LogP contribution in [0.1, 0.15) is 51.4 Å². The maximum Gasteiger partial charge on any atom is 0.136 e. The highest BCUT2D eigenvalue weighted by Gasteiger charge is 2.18. The van der Waals surface area contributed by atoms with E-state index in [0.717, 1.165) is 25.0 Å². The van der Waals surface area contributed by atoms with Gasteiger partial charge >= 0.3 is 0 Å². The second-order valence-corrected chi connectivity index (χ2v) is 5.24. The third kappa shape index (κ3) is 4.50. The van der Waals surface area contributed by atoms with Crippen molar-refractivity contribution in [2.75, 3.05) is 12.0 Å². The van der Waals surface area contributed by atoms with E-state index in [1.54, 1.807) is 11.8 Å². The standard InChI is InChI=1S/C12H22OS/c1-14-10-9-12(13)11-7-5-3-2-4-6-8-11/h11H,2-10H2,1H3. The zero-order chi connectivity index (χ0) is 10.2. The Hall–Kier alpha value is 0.0200. The van der Waals surface area contributed by atoms with E-state index in [-0.39, 0.29) is 0 Å². The van der Waals surface area contributed by atoms with Gasteiger partial charge in [-0.3, -0.25) is 4.79 Å². The maximum absolute atomic E-state index is 11.8. The Morgan fingerprint density at radius 3 is 2.29 bits per heavy atom. The highest BCUT2D eigenvalue weighted by molar-refractivity contribution is 7.98. The highest BCUT2D eigenvalue weighted by atomic mass is 32.2. The molecular formula is C12H22OS. The maximum atomic E-state index is 11.8. The first-order valence-corrected chi connectivity index (χ1v) is 7.25. The fourth-order valence-corrected chi connectivity index (χ4v) is 2.59. The van der Waals surface area contributed by atoms with Crippen molar-refractivity contribution >= 4 is 17.5 Å². The van der Waals surface area contributed by atoms with Gasteiger partial charge in [0.2, 0.25) is 0 Å². The van der Waals surface area contributed by atoms with Crippen LogP contribution in [-0.4, -0.2) is 17.8 Å². The zero-order valence-corrected chi connectivity index (χ0v) is 10.1. The Morgan fingerprint density at radius 1 is 1.14 bits per heavy atom. The molecule has 1 rings (SSSR count). The molecule has 1 aliphatic carbocycles. The molecule has 0 aliphatic heterocycles. The topological polar surface area (TPSA) is 17.1 Å². The van der Waals surface area contributed by atoms with Crippen LogP contribution in [0, 0.1) is 5.92 Å². The lowest BCUT2D eigenvalue weighted by Crippen LogP contribution is -2.16. The first-order chi connectivity index (χ1) is 6.84. The van der Waals surface area contributed by atoms with Gasteiger partial charge in [0, 0.05) is 12.3 Å². The summed E-state index contributed by atoms with van der Waals surface area (Å²) in [5, 5.41) is 0. The number of carbonyl (C=O) groups excluding carboxylic acids is 1. The third-order valence-electron chi connectivity index (χ3n) is 3.11. The van der Waals surface area contributed by atoms with Gasteiger partial charge in [-0.05, 0) is 24.9 Å². The summed E-state index contributed by atoms with van der Waals surface area (Å²) < 4.78 is 0. The number of Topliss-reactive ketones (excluding diaryl/α,β-unsaturated/α-hetero) is 1. The fourth-order valence-electron chi connectivity index (χ4n) is 2.18. The van der Waals surface area contributed by atoms with Crippen LogP contribution in [0.15, 0.2) is 0 Å². The smallest absolute Gasteiger partial charge is 0.136 e. The summed E-state index contributed by atoms with van der Waals surface area (Å²) in [6.07, 6.45) is 11.8. The van der Waals surface area contributed by atoms with Gasteiger partial charge in [0.05, 0.1) is 0 Å². The van der Waals surface area contributed by atoms with Crippen LogP contribution in [0.25, 0.3) is 0 Å². The van der Waals surface area contributed by atoms with Crippen molar-refractivity contribution in [2.24, 2.45) is 5.92 Å². The average molecular weight is 214 g/mol. The van der Waals surface area contributed by atoms with Gasteiger partial charge in [-0.2, -0.15) is 11.8 Å². The van der Waals surface area contributed by atoms with E-state index in [2.05, 4.69) is 6.26 Å². The number of carbonyl (C=O) groups is 1. The largest absolute Gasteiger partial charge is 0.299 e. The molecule has 0 spiro atoms. The molecule has 0 aromatic carbocycles. The summed E-state index contributed by atoms with van der Waals surface area (Å²) in [5.41, 5.74) is 0. The first kappa shape index (κ1) is 12.1. The van der Waals surface area contributed by atoms with Crippen LogP contribution in [0.3, 0.4) is 0 Å². The lowest BCUT2D eigenvalue weighted by Gasteiger charge is -2.18. The normalized spacial score (nSPS) is 20.1. The SMILES string of the molecule is CSCCC(=O)C1CCCCCCC1. The minimum Gasteiger partial charge on any atom is -0.299 e. The minimum absolute atomic E-state index is 0.405. The molecule has 1 saturated carbocycles. The van der Waals surface area contributed by atoms with Gasteiger partial charge in [-0.25, -0.2) is 0 Å². The molecule has 1 fully saturated rings. The Balaban J connectivity index is 2.27. The summed E-state index contributed by atoms with van der Waals surface area (Å²) in [7, 11) is 0. The van der Waals surface area contributed by atoms with Crippen molar-refractivity contribution in [3.8, 4) is 0 Å². The quantitative estimate of drug-likeness (QED) is 0.710. The van der Waals surface area contributed by atoms with E-state index in [4.69, 9.17) is 0 Å². The van der Waals surface area contributed by atoms with Crippen molar-refractivity contribution in [1.82, 2.24) is 0 Å². The van der Waals surface area contributed by atoms with Crippen LogP contribution in [0.5, 0.6) is 0 Å². The van der Waals surface area contributed by atoms with Crippen LogP contribution in [0.2, 0.25) is 0 Å². The predicted octanol–water partition coefficient (Wildman–Crippen LogP) is 3.67. The second-order valence-electron chi connectivity index (χ2n) is 4.25. The molecule has 0 unspecified atom stereocenters. The predicted molar refractivity (Wildman–Crippen MR) is 63.8 cm³/mol. The molecule has 0 saturated heterocycles. The Morgan fingerprint density at radius 2 is 1.71 bits per heavy atom. The van der Waals surface area contributed by atoms with Gasteiger partial charge in [-0.15, -0.1) is 0 Å². The second kappa shape index (κ2) is 7.33. The van der Waals surface area contributed by atoms with E-state index in [1.165, 1.54) is 32.1 Å². The van der Waals surface area contributed by atoms with Crippen molar-refractivity contribution in [1.29, 1.82) is 0 Å². The van der Waals surface area contributed by atoms with Crippen LogP contribution in [0.4, 0.5) is 0 Å². The zero-order valence-electron chi connectivity index (χ0n) is 9.26. The number of rotatable bonds is 4. The van der Waals surface area contributed by atoms with Crippen LogP contribution >= 0.6 is 11.8 Å². The Kier molecular flexibility index (Phi) is 6.33. The lowest BCUT2D eigenvalue weighted by molar-refractivity contribution is -0.123.